The molecule has 1 unspecified atom stereocenters. The van der Waals surface area contributed by atoms with Gasteiger partial charge in [0.1, 0.15) is 5.82 Å². The molecule has 1 N–H and O–H groups in total. The van der Waals surface area contributed by atoms with Crippen LogP contribution in [0.15, 0.2) is 71.9 Å². The van der Waals surface area contributed by atoms with Gasteiger partial charge in [-0.3, -0.25) is 0 Å². The number of halogens is 1. The minimum absolute atomic E-state index is 0.123. The van der Waals surface area contributed by atoms with Crippen molar-refractivity contribution in [1.82, 2.24) is 24.9 Å². The van der Waals surface area contributed by atoms with Crippen molar-refractivity contribution >= 4 is 21.1 Å². The molecule has 2 aromatic carbocycles. The maximum absolute atomic E-state index is 15.0. The van der Waals surface area contributed by atoms with Crippen LogP contribution >= 0.6 is 0 Å². The van der Waals surface area contributed by atoms with Crippen molar-refractivity contribution in [1.29, 1.82) is 0 Å². The second-order valence-electron chi connectivity index (χ2n) is 9.62. The molecule has 0 saturated heterocycles. The van der Waals surface area contributed by atoms with Crippen molar-refractivity contribution in [3.8, 4) is 22.9 Å². The smallest absolute Gasteiger partial charge is 0.223 e. The Bertz CT molecular complexity index is 1750. The number of aromatic nitrogens is 5. The third-order valence-electron chi connectivity index (χ3n) is 6.75. The monoisotopic (exact) mass is 515 g/mol. The number of nitrogens with one attached hydrogen (secondary N) is 1. The minimum atomic E-state index is -3.32. The standard InChI is InChI=1S/C27H22FN5O3S/c1-27(2,26-32-23-24(33-26)30-14-13-29-23)21-17-5-4-6-19(28)22(17)36-25-18(21)11-12-20(31-25)15-7-9-16(10-8-15)37(3,34)35/h4-14,21H,1-3H3,(H,29,30,32,33). The molecule has 0 bridgehead atoms. The Balaban J connectivity index is 1.49. The van der Waals surface area contributed by atoms with E-state index in [9.17, 15) is 8.42 Å². The molecule has 3 aromatic heterocycles. The molecule has 1 aliphatic rings. The molecule has 1 atom stereocenters. The number of hydrogen-bond donors (Lipinski definition) is 1. The highest BCUT2D eigenvalue weighted by Crippen LogP contribution is 2.52. The SMILES string of the molecule is CC(C)(c1nc2nccnc2[nH]1)C1c2ccc(-c3ccc(S(C)(=O)=O)cc3)nc2Oc2c(F)cccc21. The van der Waals surface area contributed by atoms with Crippen molar-refractivity contribution in [2.45, 2.75) is 30.1 Å². The number of fused-ring (bicyclic) bond motifs is 3. The number of H-pyrrole nitrogens is 1. The van der Waals surface area contributed by atoms with E-state index in [0.29, 0.717) is 33.9 Å². The summed E-state index contributed by atoms with van der Waals surface area (Å²) in [5, 5.41) is 0. The van der Waals surface area contributed by atoms with Crippen LogP contribution in [0.1, 0.15) is 36.7 Å². The van der Waals surface area contributed by atoms with Gasteiger partial charge in [0.2, 0.25) is 5.88 Å². The Morgan fingerprint density at radius 2 is 1.70 bits per heavy atom. The largest absolute Gasteiger partial charge is 0.435 e. The van der Waals surface area contributed by atoms with Crippen LogP contribution < -0.4 is 4.74 Å². The van der Waals surface area contributed by atoms with Crippen molar-refractivity contribution in [2.75, 3.05) is 6.26 Å². The van der Waals surface area contributed by atoms with Gasteiger partial charge in [-0.25, -0.2) is 32.7 Å². The first-order valence-corrected chi connectivity index (χ1v) is 13.5. The molecule has 0 saturated carbocycles. The fraction of sp³-hybridized carbons (Fsp3) is 0.185. The molecule has 5 aromatic rings. The topological polar surface area (TPSA) is 111 Å². The van der Waals surface area contributed by atoms with E-state index in [0.717, 1.165) is 11.8 Å². The summed E-state index contributed by atoms with van der Waals surface area (Å²) in [6, 6.07) is 15.1. The molecule has 8 nitrogen and oxygen atoms in total. The van der Waals surface area contributed by atoms with E-state index in [1.165, 1.54) is 18.2 Å². The maximum Gasteiger partial charge on any atom is 0.223 e. The summed E-state index contributed by atoms with van der Waals surface area (Å²) in [5.74, 6) is 0.228. The van der Waals surface area contributed by atoms with Crippen LogP contribution in [0, 0.1) is 5.82 Å². The van der Waals surface area contributed by atoms with Crippen molar-refractivity contribution in [3.05, 3.63) is 89.8 Å². The third kappa shape index (κ3) is 3.84. The zero-order chi connectivity index (χ0) is 25.9. The molecule has 37 heavy (non-hydrogen) atoms. The van der Waals surface area contributed by atoms with Gasteiger partial charge < -0.3 is 9.72 Å². The lowest BCUT2D eigenvalue weighted by Gasteiger charge is -2.37. The highest BCUT2D eigenvalue weighted by atomic mass is 32.2. The summed E-state index contributed by atoms with van der Waals surface area (Å²) in [4.78, 5) is 21.5. The van der Waals surface area contributed by atoms with Crippen LogP contribution in [-0.2, 0) is 15.3 Å². The van der Waals surface area contributed by atoms with E-state index >= 15 is 4.39 Å². The van der Waals surface area contributed by atoms with Crippen LogP contribution in [0.2, 0.25) is 0 Å². The van der Waals surface area contributed by atoms with Gasteiger partial charge in [-0.15, -0.1) is 0 Å². The molecule has 4 heterocycles. The van der Waals surface area contributed by atoms with Crippen molar-refractivity contribution in [3.63, 3.8) is 0 Å². The Hall–Kier alpha value is -4.18. The van der Waals surface area contributed by atoms with Crippen LogP contribution in [0.3, 0.4) is 0 Å². The molecule has 6 rings (SSSR count). The summed E-state index contributed by atoms with van der Waals surface area (Å²) >= 11 is 0. The second kappa shape index (κ2) is 8.17. The van der Waals surface area contributed by atoms with Gasteiger partial charge in [0.15, 0.2) is 32.7 Å². The van der Waals surface area contributed by atoms with Gasteiger partial charge in [-0.1, -0.05) is 44.2 Å². The van der Waals surface area contributed by atoms with E-state index in [2.05, 4.69) is 19.9 Å². The maximum atomic E-state index is 15.0. The Morgan fingerprint density at radius 3 is 2.43 bits per heavy atom. The molecule has 0 aliphatic carbocycles. The van der Waals surface area contributed by atoms with E-state index < -0.39 is 21.1 Å². The lowest BCUT2D eigenvalue weighted by molar-refractivity contribution is 0.353. The van der Waals surface area contributed by atoms with Gasteiger partial charge in [0.05, 0.1) is 10.6 Å². The van der Waals surface area contributed by atoms with Gasteiger partial charge in [-0.2, -0.15) is 0 Å². The van der Waals surface area contributed by atoms with Gasteiger partial charge in [0.25, 0.3) is 0 Å². The number of pyridine rings is 1. The normalized spacial score (nSPS) is 15.2. The number of sulfone groups is 1. The quantitative estimate of drug-likeness (QED) is 0.351. The van der Waals surface area contributed by atoms with Crippen molar-refractivity contribution < 1.29 is 17.5 Å². The van der Waals surface area contributed by atoms with E-state index in [4.69, 9.17) is 9.72 Å². The van der Waals surface area contributed by atoms with Gasteiger partial charge in [-0.05, 0) is 24.3 Å². The Kier molecular flexibility index (Phi) is 5.13. The highest BCUT2D eigenvalue weighted by molar-refractivity contribution is 7.90. The van der Waals surface area contributed by atoms with Crippen molar-refractivity contribution in [2.24, 2.45) is 0 Å². The summed E-state index contributed by atoms with van der Waals surface area (Å²) in [5.41, 5.74) is 3.18. The minimum Gasteiger partial charge on any atom is -0.435 e. The Morgan fingerprint density at radius 1 is 0.946 bits per heavy atom. The van der Waals surface area contributed by atoms with E-state index in [-0.39, 0.29) is 22.4 Å². The first kappa shape index (κ1) is 23.2. The van der Waals surface area contributed by atoms with Crippen LogP contribution in [0.4, 0.5) is 4.39 Å². The average Bonchev–Trinajstić information content (AvgIpc) is 3.32. The third-order valence-corrected chi connectivity index (χ3v) is 7.88. The Labute approximate surface area is 212 Å². The zero-order valence-electron chi connectivity index (χ0n) is 20.2. The fourth-order valence-electron chi connectivity index (χ4n) is 4.88. The van der Waals surface area contributed by atoms with Crippen LogP contribution in [0.5, 0.6) is 11.6 Å². The summed E-state index contributed by atoms with van der Waals surface area (Å²) in [6.45, 7) is 4.05. The number of benzene rings is 2. The van der Waals surface area contributed by atoms with Crippen LogP contribution in [-0.4, -0.2) is 39.6 Å². The van der Waals surface area contributed by atoms with E-state index in [1.54, 1.807) is 30.6 Å². The molecule has 0 fully saturated rings. The number of hydrogen-bond acceptors (Lipinski definition) is 7. The predicted molar refractivity (Wildman–Crippen MR) is 136 cm³/mol. The van der Waals surface area contributed by atoms with Gasteiger partial charge in [0, 0.05) is 46.7 Å². The lowest BCUT2D eigenvalue weighted by atomic mass is 9.69. The second-order valence-corrected chi connectivity index (χ2v) is 11.6. The number of ether oxygens (including phenoxy) is 1. The number of para-hydroxylation sites is 1. The molecular formula is C27H22FN5O3S. The van der Waals surface area contributed by atoms with Crippen LogP contribution in [0.25, 0.3) is 22.6 Å². The number of rotatable bonds is 4. The highest BCUT2D eigenvalue weighted by Gasteiger charge is 2.43. The number of aromatic amines is 1. The molecule has 0 radical (unpaired) electrons. The molecule has 1 aliphatic heterocycles. The van der Waals surface area contributed by atoms with Gasteiger partial charge >= 0.3 is 0 Å². The molecule has 186 valence electrons. The number of nitrogens with zero attached hydrogens (tertiary/aromatic N) is 4. The molecule has 0 spiro atoms. The molecule has 10 heteroatoms. The number of imidazole rings is 1. The summed E-state index contributed by atoms with van der Waals surface area (Å²) < 4.78 is 44.7. The first-order valence-electron chi connectivity index (χ1n) is 11.6. The zero-order valence-corrected chi connectivity index (χ0v) is 21.0. The predicted octanol–water partition coefficient (Wildman–Crippen LogP) is 5.17. The fourth-order valence-corrected chi connectivity index (χ4v) is 5.51. The average molecular weight is 516 g/mol. The summed E-state index contributed by atoms with van der Waals surface area (Å²) in [6.07, 6.45) is 4.34. The first-order chi connectivity index (χ1) is 17.6. The molecular weight excluding hydrogens is 493 g/mol. The van der Waals surface area contributed by atoms with E-state index in [1.807, 2.05) is 32.0 Å². The summed E-state index contributed by atoms with van der Waals surface area (Å²) in [7, 11) is -3.32. The lowest BCUT2D eigenvalue weighted by Crippen LogP contribution is -2.32. The molecule has 0 amide bonds.